The highest BCUT2D eigenvalue weighted by atomic mass is 127. The van der Waals surface area contributed by atoms with Gasteiger partial charge in [0, 0.05) is 36.8 Å². The second-order valence-electron chi connectivity index (χ2n) is 6.46. The first kappa shape index (κ1) is 21.0. The Morgan fingerprint density at radius 2 is 2.19 bits per heavy atom. The molecule has 1 aliphatic carbocycles. The molecular weight excluding hydrogens is 446 g/mol. The maximum absolute atomic E-state index is 13.4. The Labute approximate surface area is 171 Å². The number of hydrogen-bond acceptors (Lipinski definition) is 2. The van der Waals surface area contributed by atoms with Crippen LogP contribution in [-0.2, 0) is 11.2 Å². The van der Waals surface area contributed by atoms with Gasteiger partial charge >= 0.3 is 0 Å². The molecule has 0 radical (unpaired) electrons. The number of aromatic amines is 1. The van der Waals surface area contributed by atoms with Crippen LogP contribution < -0.4 is 10.6 Å². The van der Waals surface area contributed by atoms with Gasteiger partial charge in [-0.05, 0) is 55.9 Å². The number of guanidine groups is 1. The Morgan fingerprint density at radius 3 is 2.96 bits per heavy atom. The fourth-order valence-electron chi connectivity index (χ4n) is 2.77. The van der Waals surface area contributed by atoms with Gasteiger partial charge in [-0.2, -0.15) is 0 Å². The van der Waals surface area contributed by atoms with E-state index >= 15 is 0 Å². The van der Waals surface area contributed by atoms with E-state index < -0.39 is 0 Å². The highest BCUT2D eigenvalue weighted by Gasteiger charge is 2.20. The lowest BCUT2D eigenvalue weighted by Crippen LogP contribution is -2.38. The summed E-state index contributed by atoms with van der Waals surface area (Å²) in [5.74, 6) is 1.38. The summed E-state index contributed by atoms with van der Waals surface area (Å²) in [6.45, 7) is 5.78. The Morgan fingerprint density at radius 1 is 1.35 bits per heavy atom. The zero-order chi connectivity index (χ0) is 17.5. The lowest BCUT2D eigenvalue weighted by Gasteiger charge is -2.11. The minimum absolute atomic E-state index is 0. The van der Waals surface area contributed by atoms with Crippen LogP contribution in [0.4, 0.5) is 4.39 Å². The van der Waals surface area contributed by atoms with Gasteiger partial charge in [0.05, 0.1) is 13.2 Å². The average molecular weight is 474 g/mol. The van der Waals surface area contributed by atoms with Gasteiger partial charge in [-0.3, -0.25) is 4.99 Å². The van der Waals surface area contributed by atoms with Crippen molar-refractivity contribution in [3.63, 3.8) is 0 Å². The maximum atomic E-state index is 13.4. The van der Waals surface area contributed by atoms with Crippen molar-refractivity contribution in [3.8, 4) is 0 Å². The quantitative estimate of drug-likeness (QED) is 0.226. The van der Waals surface area contributed by atoms with Crippen molar-refractivity contribution < 1.29 is 9.13 Å². The molecule has 1 aromatic heterocycles. The SMILES string of the molecule is CCNC(=NCCOCC1CC1)NCCc1c[nH]c2ccc(F)cc12.I. The van der Waals surface area contributed by atoms with E-state index in [2.05, 4.69) is 20.6 Å². The molecular formula is C19H28FIN4O. The normalized spacial score (nSPS) is 14.3. The van der Waals surface area contributed by atoms with E-state index in [1.807, 2.05) is 13.1 Å². The van der Waals surface area contributed by atoms with Crippen LogP contribution in [0.15, 0.2) is 29.4 Å². The number of fused-ring (bicyclic) bond motifs is 1. The van der Waals surface area contributed by atoms with E-state index in [4.69, 9.17) is 4.74 Å². The Hall–Kier alpha value is -1.35. The average Bonchev–Trinajstić information content (AvgIpc) is 3.35. The van der Waals surface area contributed by atoms with Crippen LogP contribution in [0.5, 0.6) is 0 Å². The minimum Gasteiger partial charge on any atom is -0.379 e. The van der Waals surface area contributed by atoms with Crippen molar-refractivity contribution in [3.05, 3.63) is 35.8 Å². The number of halogens is 2. The smallest absolute Gasteiger partial charge is 0.191 e. The van der Waals surface area contributed by atoms with E-state index in [0.717, 1.165) is 54.5 Å². The molecule has 1 fully saturated rings. The van der Waals surface area contributed by atoms with E-state index in [0.29, 0.717) is 13.2 Å². The van der Waals surface area contributed by atoms with Crippen LogP contribution in [0.1, 0.15) is 25.3 Å². The summed E-state index contributed by atoms with van der Waals surface area (Å²) in [6, 6.07) is 4.83. The molecule has 3 N–H and O–H groups in total. The highest BCUT2D eigenvalue weighted by Crippen LogP contribution is 2.28. The fraction of sp³-hybridized carbons (Fsp3) is 0.526. The summed E-state index contributed by atoms with van der Waals surface area (Å²) in [5, 5.41) is 7.50. The molecule has 0 atom stereocenters. The van der Waals surface area contributed by atoms with Gasteiger partial charge in [0.1, 0.15) is 5.82 Å². The standard InChI is InChI=1S/C19H27FN4O.HI/c1-2-21-19(23-9-10-25-13-14-3-4-14)22-8-7-15-12-24-18-6-5-16(20)11-17(15)18;/h5-6,11-12,14,24H,2-4,7-10,13H2,1H3,(H2,21,22,23);1H. The van der Waals surface area contributed by atoms with Crippen molar-refractivity contribution in [2.24, 2.45) is 10.9 Å². The van der Waals surface area contributed by atoms with Gasteiger partial charge in [-0.1, -0.05) is 0 Å². The van der Waals surface area contributed by atoms with Gasteiger partial charge in [0.25, 0.3) is 0 Å². The molecule has 144 valence electrons. The Kier molecular flexibility index (Phi) is 8.64. The highest BCUT2D eigenvalue weighted by molar-refractivity contribution is 14.0. The van der Waals surface area contributed by atoms with Crippen LogP contribution in [0, 0.1) is 11.7 Å². The molecule has 7 heteroatoms. The van der Waals surface area contributed by atoms with Crippen molar-refractivity contribution in [1.29, 1.82) is 0 Å². The monoisotopic (exact) mass is 474 g/mol. The lowest BCUT2D eigenvalue weighted by molar-refractivity contribution is 0.131. The van der Waals surface area contributed by atoms with Crippen molar-refractivity contribution in [2.75, 3.05) is 32.8 Å². The molecule has 1 heterocycles. The molecule has 1 aliphatic rings. The minimum atomic E-state index is -0.206. The second-order valence-corrected chi connectivity index (χ2v) is 6.46. The maximum Gasteiger partial charge on any atom is 0.191 e. The third-order valence-corrected chi connectivity index (χ3v) is 4.32. The predicted molar refractivity (Wildman–Crippen MR) is 115 cm³/mol. The van der Waals surface area contributed by atoms with Crippen LogP contribution in [0.25, 0.3) is 10.9 Å². The number of aromatic nitrogens is 1. The largest absolute Gasteiger partial charge is 0.379 e. The fourth-order valence-corrected chi connectivity index (χ4v) is 2.77. The van der Waals surface area contributed by atoms with Crippen molar-refractivity contribution >= 4 is 40.8 Å². The Balaban J connectivity index is 0.00000243. The number of benzene rings is 1. The first-order chi connectivity index (χ1) is 12.3. The van der Waals surface area contributed by atoms with Gasteiger partial charge in [-0.15, -0.1) is 24.0 Å². The molecule has 1 aromatic carbocycles. The second kappa shape index (κ2) is 10.7. The zero-order valence-corrected chi connectivity index (χ0v) is 17.5. The molecule has 0 bridgehead atoms. The van der Waals surface area contributed by atoms with Gasteiger partial charge in [0.2, 0.25) is 0 Å². The first-order valence-corrected chi connectivity index (χ1v) is 9.11. The lowest BCUT2D eigenvalue weighted by atomic mass is 10.1. The number of nitrogens with one attached hydrogen (secondary N) is 3. The molecule has 2 aromatic rings. The molecule has 0 amide bonds. The van der Waals surface area contributed by atoms with E-state index in [9.17, 15) is 4.39 Å². The number of nitrogens with zero attached hydrogens (tertiary/aromatic N) is 1. The molecule has 1 saturated carbocycles. The number of ether oxygens (including phenoxy) is 1. The molecule has 26 heavy (non-hydrogen) atoms. The van der Waals surface area contributed by atoms with E-state index in [1.165, 1.54) is 18.9 Å². The van der Waals surface area contributed by atoms with E-state index in [1.54, 1.807) is 12.1 Å². The molecule has 0 aliphatic heterocycles. The summed E-state index contributed by atoms with van der Waals surface area (Å²) in [6.07, 6.45) is 5.37. The van der Waals surface area contributed by atoms with Gasteiger partial charge in [0.15, 0.2) is 5.96 Å². The summed E-state index contributed by atoms with van der Waals surface area (Å²) in [4.78, 5) is 7.71. The van der Waals surface area contributed by atoms with Crippen molar-refractivity contribution in [2.45, 2.75) is 26.2 Å². The first-order valence-electron chi connectivity index (χ1n) is 9.11. The summed E-state index contributed by atoms with van der Waals surface area (Å²) < 4.78 is 19.0. The summed E-state index contributed by atoms with van der Waals surface area (Å²) >= 11 is 0. The van der Waals surface area contributed by atoms with Crippen molar-refractivity contribution in [1.82, 2.24) is 15.6 Å². The predicted octanol–water partition coefficient (Wildman–Crippen LogP) is 3.45. The number of hydrogen-bond donors (Lipinski definition) is 3. The molecule has 0 spiro atoms. The number of rotatable bonds is 9. The van der Waals surface area contributed by atoms with Gasteiger partial charge < -0.3 is 20.4 Å². The summed E-state index contributed by atoms with van der Waals surface area (Å²) in [5.41, 5.74) is 2.07. The molecule has 5 nitrogen and oxygen atoms in total. The summed E-state index contributed by atoms with van der Waals surface area (Å²) in [7, 11) is 0. The molecule has 0 unspecified atom stereocenters. The van der Waals surface area contributed by atoms with Gasteiger partial charge in [-0.25, -0.2) is 4.39 Å². The third-order valence-electron chi connectivity index (χ3n) is 4.32. The Bertz CT molecular complexity index is 715. The van der Waals surface area contributed by atoms with Crippen LogP contribution in [-0.4, -0.2) is 43.8 Å². The van der Waals surface area contributed by atoms with Crippen LogP contribution in [0.2, 0.25) is 0 Å². The molecule has 3 rings (SSSR count). The number of H-pyrrole nitrogens is 1. The number of aliphatic imine (C=N–C) groups is 1. The van der Waals surface area contributed by atoms with E-state index in [-0.39, 0.29) is 29.8 Å². The van der Waals surface area contributed by atoms with Crippen LogP contribution in [0.3, 0.4) is 0 Å². The third kappa shape index (κ3) is 6.42. The van der Waals surface area contributed by atoms with Crippen LogP contribution >= 0.6 is 24.0 Å². The topological polar surface area (TPSA) is 61.4 Å². The zero-order valence-electron chi connectivity index (χ0n) is 15.2. The molecule has 0 saturated heterocycles.